The first-order valence-corrected chi connectivity index (χ1v) is 5.87. The minimum atomic E-state index is 0.128. The molecule has 0 aliphatic carbocycles. The summed E-state index contributed by atoms with van der Waals surface area (Å²) in [5.74, 6) is 0.647. The molecule has 1 rings (SSSR count). The first kappa shape index (κ1) is 12.2. The monoisotopic (exact) mass is 206 g/mol. The van der Waals surface area contributed by atoms with E-state index in [0.717, 1.165) is 5.69 Å². The third-order valence-electron chi connectivity index (χ3n) is 3.46. The van der Waals surface area contributed by atoms with Gasteiger partial charge in [0.05, 0.1) is 5.69 Å². The first-order chi connectivity index (χ1) is 7.09. The van der Waals surface area contributed by atoms with Crippen LogP contribution in [0.15, 0.2) is 18.3 Å². The molecule has 2 nitrogen and oxygen atoms in total. The van der Waals surface area contributed by atoms with Gasteiger partial charge in [0.2, 0.25) is 0 Å². The highest BCUT2D eigenvalue weighted by Gasteiger charge is 2.28. The van der Waals surface area contributed by atoms with Crippen molar-refractivity contribution >= 4 is 0 Å². The second-order valence-electron chi connectivity index (χ2n) is 4.87. The smallest absolute Gasteiger partial charge is 0.0689 e. The van der Waals surface area contributed by atoms with Crippen LogP contribution in [0.3, 0.4) is 0 Å². The molecule has 0 aliphatic heterocycles. The van der Waals surface area contributed by atoms with Gasteiger partial charge in [-0.05, 0) is 24.5 Å². The highest BCUT2D eigenvalue weighted by Crippen LogP contribution is 2.32. The summed E-state index contributed by atoms with van der Waals surface area (Å²) in [4.78, 5) is 0. The molecule has 0 aromatic carbocycles. The minimum absolute atomic E-state index is 0.128. The zero-order valence-electron chi connectivity index (χ0n) is 10.3. The number of rotatable bonds is 5. The summed E-state index contributed by atoms with van der Waals surface area (Å²) in [6.45, 7) is 9.07. The summed E-state index contributed by atoms with van der Waals surface area (Å²) < 4.78 is 0. The Kier molecular flexibility index (Phi) is 4.25. The fourth-order valence-corrected chi connectivity index (χ4v) is 1.77. The van der Waals surface area contributed by atoms with Crippen LogP contribution in [0.1, 0.15) is 52.7 Å². The molecule has 0 radical (unpaired) electrons. The van der Waals surface area contributed by atoms with E-state index in [1.54, 1.807) is 6.20 Å². The lowest BCUT2D eigenvalue weighted by Gasteiger charge is -2.30. The lowest BCUT2D eigenvalue weighted by molar-refractivity contribution is 0.307. The van der Waals surface area contributed by atoms with Crippen LogP contribution in [0.4, 0.5) is 0 Å². The van der Waals surface area contributed by atoms with Gasteiger partial charge >= 0.3 is 0 Å². The summed E-state index contributed by atoms with van der Waals surface area (Å²) in [6.07, 6.45) is 5.56. The third kappa shape index (κ3) is 3.01. The molecular weight excluding hydrogens is 184 g/mol. The van der Waals surface area contributed by atoms with E-state index in [9.17, 15) is 0 Å². The second kappa shape index (κ2) is 5.24. The standard InChI is InChI=1S/C13H22N2/c1-5-6-8-11(2)13(3,4)12-9-7-10-14-15-12/h7,9-11H,5-6,8H2,1-4H3. The van der Waals surface area contributed by atoms with Gasteiger partial charge in [-0.1, -0.05) is 40.5 Å². The summed E-state index contributed by atoms with van der Waals surface area (Å²) in [5, 5.41) is 8.19. The van der Waals surface area contributed by atoms with Crippen LogP contribution >= 0.6 is 0 Å². The van der Waals surface area contributed by atoms with E-state index in [0.29, 0.717) is 5.92 Å². The molecule has 0 amide bonds. The van der Waals surface area contributed by atoms with Crippen molar-refractivity contribution in [3.05, 3.63) is 24.0 Å². The largest absolute Gasteiger partial charge is 0.159 e. The van der Waals surface area contributed by atoms with Gasteiger partial charge in [-0.3, -0.25) is 0 Å². The highest BCUT2D eigenvalue weighted by molar-refractivity contribution is 5.13. The Hall–Kier alpha value is -0.920. The quantitative estimate of drug-likeness (QED) is 0.736. The average molecular weight is 206 g/mol. The molecule has 0 N–H and O–H groups in total. The molecule has 1 aromatic heterocycles. The van der Waals surface area contributed by atoms with Crippen LogP contribution in [-0.2, 0) is 5.41 Å². The van der Waals surface area contributed by atoms with E-state index < -0.39 is 0 Å². The summed E-state index contributed by atoms with van der Waals surface area (Å²) in [5.41, 5.74) is 1.23. The minimum Gasteiger partial charge on any atom is -0.159 e. The molecule has 0 bridgehead atoms. The van der Waals surface area contributed by atoms with Crippen molar-refractivity contribution < 1.29 is 0 Å². The van der Waals surface area contributed by atoms with Gasteiger partial charge in [0.1, 0.15) is 0 Å². The van der Waals surface area contributed by atoms with Gasteiger partial charge in [0.25, 0.3) is 0 Å². The van der Waals surface area contributed by atoms with E-state index >= 15 is 0 Å². The Balaban J connectivity index is 2.73. The number of hydrogen-bond donors (Lipinski definition) is 0. The highest BCUT2D eigenvalue weighted by atomic mass is 15.1. The maximum absolute atomic E-state index is 4.23. The molecule has 2 heteroatoms. The van der Waals surface area contributed by atoms with Crippen molar-refractivity contribution in [1.82, 2.24) is 10.2 Å². The van der Waals surface area contributed by atoms with Gasteiger partial charge in [-0.2, -0.15) is 10.2 Å². The van der Waals surface area contributed by atoms with Crippen LogP contribution in [0, 0.1) is 5.92 Å². The van der Waals surface area contributed by atoms with E-state index in [2.05, 4.69) is 44.0 Å². The number of hydrogen-bond acceptors (Lipinski definition) is 2. The molecule has 0 aliphatic rings. The summed E-state index contributed by atoms with van der Waals surface area (Å²) >= 11 is 0. The Morgan fingerprint density at radius 1 is 1.40 bits per heavy atom. The van der Waals surface area contributed by atoms with Crippen LogP contribution < -0.4 is 0 Å². The maximum atomic E-state index is 4.23. The van der Waals surface area contributed by atoms with Crippen molar-refractivity contribution in [3.8, 4) is 0 Å². The zero-order chi connectivity index (χ0) is 11.3. The lowest BCUT2D eigenvalue weighted by atomic mass is 9.75. The molecule has 0 fully saturated rings. The van der Waals surface area contributed by atoms with Crippen molar-refractivity contribution in [1.29, 1.82) is 0 Å². The average Bonchev–Trinajstić information content (AvgIpc) is 2.27. The van der Waals surface area contributed by atoms with Crippen LogP contribution in [0.5, 0.6) is 0 Å². The Labute approximate surface area is 93.1 Å². The lowest BCUT2D eigenvalue weighted by Crippen LogP contribution is -2.28. The fourth-order valence-electron chi connectivity index (χ4n) is 1.77. The Bertz CT molecular complexity index is 280. The molecule has 1 aromatic rings. The molecule has 1 heterocycles. The molecule has 1 unspecified atom stereocenters. The molecule has 1 atom stereocenters. The normalized spacial score (nSPS) is 13.9. The summed E-state index contributed by atoms with van der Waals surface area (Å²) in [6, 6.07) is 4.05. The van der Waals surface area contributed by atoms with Crippen molar-refractivity contribution in [2.45, 2.75) is 52.4 Å². The Morgan fingerprint density at radius 2 is 2.13 bits per heavy atom. The zero-order valence-corrected chi connectivity index (χ0v) is 10.3. The van der Waals surface area contributed by atoms with E-state index in [4.69, 9.17) is 0 Å². The second-order valence-corrected chi connectivity index (χ2v) is 4.87. The number of unbranched alkanes of at least 4 members (excludes halogenated alkanes) is 1. The predicted octanol–water partition coefficient (Wildman–Crippen LogP) is 3.58. The van der Waals surface area contributed by atoms with Gasteiger partial charge in [0.15, 0.2) is 0 Å². The van der Waals surface area contributed by atoms with Gasteiger partial charge in [0, 0.05) is 11.6 Å². The van der Waals surface area contributed by atoms with Crippen molar-refractivity contribution in [3.63, 3.8) is 0 Å². The van der Waals surface area contributed by atoms with E-state index in [1.165, 1.54) is 19.3 Å². The molecular formula is C13H22N2. The number of aromatic nitrogens is 2. The van der Waals surface area contributed by atoms with Crippen LogP contribution in [-0.4, -0.2) is 10.2 Å². The topological polar surface area (TPSA) is 25.8 Å². The fraction of sp³-hybridized carbons (Fsp3) is 0.692. The van der Waals surface area contributed by atoms with Gasteiger partial charge in [-0.25, -0.2) is 0 Å². The maximum Gasteiger partial charge on any atom is 0.0689 e. The molecule has 84 valence electrons. The predicted molar refractivity (Wildman–Crippen MR) is 63.7 cm³/mol. The first-order valence-electron chi connectivity index (χ1n) is 5.87. The van der Waals surface area contributed by atoms with E-state index in [1.807, 2.05) is 6.07 Å². The molecule has 0 saturated carbocycles. The van der Waals surface area contributed by atoms with Crippen molar-refractivity contribution in [2.75, 3.05) is 0 Å². The summed E-state index contributed by atoms with van der Waals surface area (Å²) in [7, 11) is 0. The molecule has 0 saturated heterocycles. The molecule has 15 heavy (non-hydrogen) atoms. The van der Waals surface area contributed by atoms with Crippen LogP contribution in [0.2, 0.25) is 0 Å². The van der Waals surface area contributed by atoms with Gasteiger partial charge in [-0.15, -0.1) is 0 Å². The van der Waals surface area contributed by atoms with E-state index in [-0.39, 0.29) is 5.41 Å². The van der Waals surface area contributed by atoms with Crippen molar-refractivity contribution in [2.24, 2.45) is 5.92 Å². The van der Waals surface area contributed by atoms with Crippen LogP contribution in [0.25, 0.3) is 0 Å². The SMILES string of the molecule is CCCCC(C)C(C)(C)c1cccnn1. The van der Waals surface area contributed by atoms with Gasteiger partial charge < -0.3 is 0 Å². The third-order valence-corrected chi connectivity index (χ3v) is 3.46. The molecule has 0 spiro atoms. The number of nitrogens with zero attached hydrogens (tertiary/aromatic N) is 2. The Morgan fingerprint density at radius 3 is 2.67 bits per heavy atom.